The number of amides is 1. The third kappa shape index (κ3) is 3.05. The Bertz CT molecular complexity index is 647. The van der Waals surface area contributed by atoms with E-state index in [1.165, 1.54) is 4.90 Å². The maximum Gasteiger partial charge on any atom is 0.254 e. The molecule has 0 aliphatic carbocycles. The van der Waals surface area contributed by atoms with E-state index >= 15 is 0 Å². The summed E-state index contributed by atoms with van der Waals surface area (Å²) in [4.78, 5) is 18.2. The largest absolute Gasteiger partial charge is 0.389 e. The van der Waals surface area contributed by atoms with E-state index in [2.05, 4.69) is 4.98 Å². The second-order valence-corrected chi connectivity index (χ2v) is 5.59. The third-order valence-corrected chi connectivity index (χ3v) is 2.94. The molecule has 1 heterocycles. The van der Waals surface area contributed by atoms with Gasteiger partial charge in [0.05, 0.1) is 16.7 Å². The van der Waals surface area contributed by atoms with Gasteiger partial charge < -0.3 is 15.7 Å². The van der Waals surface area contributed by atoms with E-state index in [9.17, 15) is 9.90 Å². The molecule has 0 saturated carbocycles. The Morgan fingerprint density at radius 3 is 2.70 bits per heavy atom. The Hall–Kier alpha value is -2.14. The van der Waals surface area contributed by atoms with Crippen molar-refractivity contribution in [2.24, 2.45) is 0 Å². The number of pyridine rings is 1. The van der Waals surface area contributed by atoms with Gasteiger partial charge in [-0.05, 0) is 26.0 Å². The number of rotatable bonds is 3. The van der Waals surface area contributed by atoms with E-state index in [-0.39, 0.29) is 12.5 Å². The molecule has 1 amide bonds. The Labute approximate surface area is 118 Å². The summed E-state index contributed by atoms with van der Waals surface area (Å²) in [5, 5.41) is 10.6. The summed E-state index contributed by atoms with van der Waals surface area (Å²) < 4.78 is 0. The number of nitrogen functional groups attached to an aromatic ring is 1. The molecule has 5 heteroatoms. The number of aromatic nitrogens is 1. The molecular formula is C15H19N3O2. The van der Waals surface area contributed by atoms with Crippen LogP contribution in [0.1, 0.15) is 24.2 Å². The van der Waals surface area contributed by atoms with Gasteiger partial charge in [-0.2, -0.15) is 0 Å². The summed E-state index contributed by atoms with van der Waals surface area (Å²) in [6.45, 7) is 3.56. The molecule has 3 N–H and O–H groups in total. The highest BCUT2D eigenvalue weighted by Gasteiger charge is 2.22. The molecule has 2 rings (SSSR count). The molecule has 0 atom stereocenters. The highest BCUT2D eigenvalue weighted by Crippen LogP contribution is 2.21. The summed E-state index contributed by atoms with van der Waals surface area (Å²) in [5.74, 6) is 0.126. The van der Waals surface area contributed by atoms with Crippen LogP contribution in [-0.4, -0.2) is 40.1 Å². The lowest BCUT2D eigenvalue weighted by molar-refractivity contribution is 0.0369. The van der Waals surface area contributed by atoms with Crippen molar-refractivity contribution in [3.05, 3.63) is 35.9 Å². The summed E-state index contributed by atoms with van der Waals surface area (Å²) in [7, 11) is 1.66. The molecule has 1 aromatic carbocycles. The first-order valence-corrected chi connectivity index (χ1v) is 6.41. The zero-order valence-corrected chi connectivity index (χ0v) is 11.9. The number of carbonyl (C=O) groups excluding carboxylic acids is 1. The summed E-state index contributed by atoms with van der Waals surface area (Å²) >= 11 is 0. The molecule has 0 unspecified atom stereocenters. The zero-order chi connectivity index (χ0) is 14.9. The van der Waals surface area contributed by atoms with Crippen molar-refractivity contribution in [1.82, 2.24) is 9.88 Å². The minimum Gasteiger partial charge on any atom is -0.389 e. The average Bonchev–Trinajstić information content (AvgIpc) is 2.34. The van der Waals surface area contributed by atoms with E-state index in [0.717, 1.165) is 5.39 Å². The van der Waals surface area contributed by atoms with E-state index in [0.29, 0.717) is 16.9 Å². The van der Waals surface area contributed by atoms with Crippen molar-refractivity contribution < 1.29 is 9.90 Å². The summed E-state index contributed by atoms with van der Waals surface area (Å²) in [6.07, 6.45) is 0. The van der Waals surface area contributed by atoms with Crippen molar-refractivity contribution in [2.45, 2.75) is 19.4 Å². The number of carbonyl (C=O) groups is 1. The predicted molar refractivity (Wildman–Crippen MR) is 79.4 cm³/mol. The molecule has 106 valence electrons. The van der Waals surface area contributed by atoms with E-state index in [1.807, 2.05) is 24.3 Å². The van der Waals surface area contributed by atoms with Crippen LogP contribution in [0.5, 0.6) is 0 Å². The molecule has 20 heavy (non-hydrogen) atoms. The number of hydrogen-bond donors (Lipinski definition) is 2. The second-order valence-electron chi connectivity index (χ2n) is 5.59. The molecule has 0 aliphatic heterocycles. The molecule has 1 aromatic heterocycles. The van der Waals surface area contributed by atoms with Gasteiger partial charge in [-0.25, -0.2) is 4.98 Å². The Kier molecular flexibility index (Phi) is 3.63. The van der Waals surface area contributed by atoms with Gasteiger partial charge in [-0.15, -0.1) is 0 Å². The number of fused-ring (bicyclic) bond motifs is 1. The van der Waals surface area contributed by atoms with Crippen molar-refractivity contribution >= 4 is 22.6 Å². The molecule has 0 spiro atoms. The number of nitrogens with two attached hydrogens (primary N) is 1. The van der Waals surface area contributed by atoms with E-state index < -0.39 is 5.60 Å². The minimum absolute atomic E-state index is 0.183. The number of nitrogens with zero attached hydrogens (tertiary/aromatic N) is 2. The smallest absolute Gasteiger partial charge is 0.254 e. The summed E-state index contributed by atoms with van der Waals surface area (Å²) in [5.41, 5.74) is 6.00. The highest BCUT2D eigenvalue weighted by molar-refractivity contribution is 6.06. The van der Waals surface area contributed by atoms with Crippen LogP contribution >= 0.6 is 0 Å². The predicted octanol–water partition coefficient (Wildman–Crippen LogP) is 1.66. The quantitative estimate of drug-likeness (QED) is 0.891. The Morgan fingerprint density at radius 2 is 2.05 bits per heavy atom. The lowest BCUT2D eigenvalue weighted by Gasteiger charge is -2.26. The monoisotopic (exact) mass is 273 g/mol. The van der Waals surface area contributed by atoms with Crippen molar-refractivity contribution in [3.8, 4) is 0 Å². The van der Waals surface area contributed by atoms with Gasteiger partial charge in [-0.3, -0.25) is 4.79 Å². The fourth-order valence-corrected chi connectivity index (χ4v) is 2.23. The van der Waals surface area contributed by atoms with Crippen LogP contribution in [0.25, 0.3) is 10.9 Å². The van der Waals surface area contributed by atoms with Crippen LogP contribution in [0.3, 0.4) is 0 Å². The van der Waals surface area contributed by atoms with Gasteiger partial charge in [-0.1, -0.05) is 18.2 Å². The number of likely N-dealkylation sites (N-methyl/N-ethyl adjacent to an activating group) is 1. The first kappa shape index (κ1) is 14.3. The van der Waals surface area contributed by atoms with Gasteiger partial charge in [0.15, 0.2) is 0 Å². The van der Waals surface area contributed by atoms with Gasteiger partial charge in [0.1, 0.15) is 5.82 Å². The normalized spacial score (nSPS) is 11.6. The van der Waals surface area contributed by atoms with Gasteiger partial charge in [0, 0.05) is 19.0 Å². The molecule has 0 fully saturated rings. The molecule has 0 radical (unpaired) electrons. The van der Waals surface area contributed by atoms with Crippen LogP contribution in [0.15, 0.2) is 30.3 Å². The van der Waals surface area contributed by atoms with Crippen LogP contribution in [0.4, 0.5) is 5.82 Å². The number of benzene rings is 1. The first-order valence-electron chi connectivity index (χ1n) is 6.41. The van der Waals surface area contributed by atoms with E-state index in [4.69, 9.17) is 5.73 Å². The zero-order valence-electron chi connectivity index (χ0n) is 11.9. The van der Waals surface area contributed by atoms with Crippen LogP contribution in [0, 0.1) is 0 Å². The van der Waals surface area contributed by atoms with Crippen molar-refractivity contribution in [3.63, 3.8) is 0 Å². The standard InChI is InChI=1S/C15H19N3O2/c1-15(2,20)9-18(3)14(19)11-8-13(16)17-12-7-5-4-6-10(11)12/h4-8,20H,9H2,1-3H3,(H2,16,17). The molecule has 0 bridgehead atoms. The molecule has 0 saturated heterocycles. The van der Waals surface area contributed by atoms with Crippen LogP contribution in [0.2, 0.25) is 0 Å². The number of anilines is 1. The molecule has 2 aromatic rings. The van der Waals surface area contributed by atoms with Crippen LogP contribution < -0.4 is 5.73 Å². The van der Waals surface area contributed by atoms with Crippen molar-refractivity contribution in [1.29, 1.82) is 0 Å². The molecule has 5 nitrogen and oxygen atoms in total. The Balaban J connectivity index is 2.44. The van der Waals surface area contributed by atoms with Gasteiger partial charge >= 0.3 is 0 Å². The van der Waals surface area contributed by atoms with Gasteiger partial charge in [0.25, 0.3) is 5.91 Å². The third-order valence-electron chi connectivity index (χ3n) is 2.94. The topological polar surface area (TPSA) is 79.5 Å². The molecular weight excluding hydrogens is 254 g/mol. The summed E-state index contributed by atoms with van der Waals surface area (Å²) in [6, 6.07) is 8.94. The maximum atomic E-state index is 12.5. The lowest BCUT2D eigenvalue weighted by atomic mass is 10.1. The Morgan fingerprint density at radius 1 is 1.40 bits per heavy atom. The molecule has 0 aliphatic rings. The van der Waals surface area contributed by atoms with Crippen LogP contribution in [-0.2, 0) is 0 Å². The SMILES string of the molecule is CN(CC(C)(C)O)C(=O)c1cc(N)nc2ccccc12. The minimum atomic E-state index is -0.946. The number of para-hydroxylation sites is 1. The fourth-order valence-electron chi connectivity index (χ4n) is 2.23. The van der Waals surface area contributed by atoms with Crippen molar-refractivity contribution in [2.75, 3.05) is 19.3 Å². The first-order chi connectivity index (χ1) is 9.28. The highest BCUT2D eigenvalue weighted by atomic mass is 16.3. The number of aliphatic hydroxyl groups is 1. The fraction of sp³-hybridized carbons (Fsp3) is 0.333. The maximum absolute atomic E-state index is 12.5. The second kappa shape index (κ2) is 5.09. The lowest BCUT2D eigenvalue weighted by Crippen LogP contribution is -2.39. The van der Waals surface area contributed by atoms with Gasteiger partial charge in [0.2, 0.25) is 0 Å². The van der Waals surface area contributed by atoms with E-state index in [1.54, 1.807) is 27.0 Å². The number of hydrogen-bond acceptors (Lipinski definition) is 4. The average molecular weight is 273 g/mol.